The molecule has 17 heavy (non-hydrogen) atoms. The molecule has 8 heteroatoms. The van der Waals surface area contributed by atoms with E-state index in [9.17, 15) is 26.3 Å². The highest BCUT2D eigenvalue weighted by molar-refractivity contribution is 5.57. The van der Waals surface area contributed by atoms with Crippen molar-refractivity contribution in [3.8, 4) is 0 Å². The van der Waals surface area contributed by atoms with E-state index < -0.39 is 40.6 Å². The van der Waals surface area contributed by atoms with Crippen LogP contribution < -0.4 is 5.73 Å². The summed E-state index contributed by atoms with van der Waals surface area (Å²) < 4.78 is 74.7. The molecule has 0 aromatic carbocycles. The Morgan fingerprint density at radius 2 is 1.12 bits per heavy atom. The molecular formula is C9H8F6N2. The van der Waals surface area contributed by atoms with Gasteiger partial charge in [-0.15, -0.1) is 0 Å². The van der Waals surface area contributed by atoms with Gasteiger partial charge in [0.1, 0.15) is 11.4 Å². The van der Waals surface area contributed by atoms with Gasteiger partial charge < -0.3 is 5.73 Å². The molecule has 0 aliphatic rings. The van der Waals surface area contributed by atoms with Gasteiger partial charge in [0, 0.05) is 16.8 Å². The van der Waals surface area contributed by atoms with Crippen LogP contribution in [0.3, 0.4) is 0 Å². The third-order valence-corrected chi connectivity index (χ3v) is 2.28. The second-order valence-corrected chi connectivity index (χ2v) is 3.47. The van der Waals surface area contributed by atoms with Crippen molar-refractivity contribution in [2.45, 2.75) is 26.2 Å². The van der Waals surface area contributed by atoms with Gasteiger partial charge in [-0.2, -0.15) is 26.3 Å². The third-order valence-electron chi connectivity index (χ3n) is 2.28. The minimum Gasteiger partial charge on any atom is -0.398 e. The number of nitrogens with zero attached hydrogens (tertiary/aromatic N) is 1. The highest BCUT2D eigenvalue weighted by Gasteiger charge is 2.41. The van der Waals surface area contributed by atoms with Crippen molar-refractivity contribution in [3.05, 3.63) is 22.5 Å². The summed E-state index contributed by atoms with van der Waals surface area (Å²) in [5.41, 5.74) is 0.493. The van der Waals surface area contributed by atoms with E-state index in [1.807, 2.05) is 0 Å². The molecule has 0 aliphatic carbocycles. The van der Waals surface area contributed by atoms with Crippen LogP contribution in [0.1, 0.15) is 22.5 Å². The number of aromatic nitrogens is 1. The number of nitrogens with two attached hydrogens (primary N) is 1. The van der Waals surface area contributed by atoms with Crippen molar-refractivity contribution in [2.75, 3.05) is 5.73 Å². The summed E-state index contributed by atoms with van der Waals surface area (Å²) in [4.78, 5) is 2.65. The van der Waals surface area contributed by atoms with Gasteiger partial charge in [-0.1, -0.05) is 0 Å². The van der Waals surface area contributed by atoms with E-state index in [1.54, 1.807) is 0 Å². The molecule has 0 atom stereocenters. The summed E-state index contributed by atoms with van der Waals surface area (Å²) in [5, 5.41) is 0. The van der Waals surface area contributed by atoms with Crippen molar-refractivity contribution in [3.63, 3.8) is 0 Å². The van der Waals surface area contributed by atoms with Gasteiger partial charge in [0.15, 0.2) is 0 Å². The average Bonchev–Trinajstić information content (AvgIpc) is 2.10. The molecule has 96 valence electrons. The van der Waals surface area contributed by atoms with Crippen LogP contribution in [0.5, 0.6) is 0 Å². The molecule has 0 aliphatic heterocycles. The van der Waals surface area contributed by atoms with E-state index in [-0.39, 0.29) is 0 Å². The number of rotatable bonds is 0. The molecule has 2 N–H and O–H groups in total. The van der Waals surface area contributed by atoms with Crippen molar-refractivity contribution in [1.29, 1.82) is 0 Å². The summed E-state index contributed by atoms with van der Waals surface area (Å²) in [7, 11) is 0. The first-order valence-corrected chi connectivity index (χ1v) is 4.37. The normalized spacial score (nSPS) is 12.9. The zero-order valence-corrected chi connectivity index (χ0v) is 8.79. The SMILES string of the molecule is Cc1c(C(F)(F)F)nc(C(F)(F)F)c(C)c1N. The fourth-order valence-electron chi connectivity index (χ4n) is 1.37. The van der Waals surface area contributed by atoms with Crippen LogP contribution in [-0.4, -0.2) is 4.98 Å². The van der Waals surface area contributed by atoms with Crippen molar-refractivity contribution >= 4 is 5.69 Å². The number of hydrogen-bond donors (Lipinski definition) is 1. The Kier molecular flexibility index (Phi) is 3.02. The Hall–Kier alpha value is -1.47. The summed E-state index contributed by atoms with van der Waals surface area (Å²) in [5.74, 6) is 0. The molecule has 0 fully saturated rings. The van der Waals surface area contributed by atoms with Gasteiger partial charge in [-0.05, 0) is 13.8 Å². The molecule has 0 amide bonds. The minimum atomic E-state index is -4.97. The highest BCUT2D eigenvalue weighted by atomic mass is 19.4. The standard InChI is InChI=1S/C9H8F6N2/c1-3-5(16)4(2)7(9(13,14)15)17-6(3)8(10,11)12/h1-2H3,(H2,16,17). The zero-order chi connectivity index (χ0) is 13.6. The Balaban J connectivity index is 3.63. The molecule has 0 saturated carbocycles. The summed E-state index contributed by atoms with van der Waals surface area (Å²) >= 11 is 0. The zero-order valence-electron chi connectivity index (χ0n) is 8.79. The van der Waals surface area contributed by atoms with E-state index in [0.29, 0.717) is 0 Å². The average molecular weight is 258 g/mol. The molecule has 1 heterocycles. The van der Waals surface area contributed by atoms with E-state index in [4.69, 9.17) is 5.73 Å². The first kappa shape index (κ1) is 13.6. The maximum absolute atomic E-state index is 12.4. The van der Waals surface area contributed by atoms with Gasteiger partial charge in [0.25, 0.3) is 0 Å². The summed E-state index contributed by atoms with van der Waals surface area (Å²) in [6.45, 7) is 1.97. The van der Waals surface area contributed by atoms with Gasteiger partial charge in [0.2, 0.25) is 0 Å². The van der Waals surface area contributed by atoms with Crippen LogP contribution in [-0.2, 0) is 12.4 Å². The lowest BCUT2D eigenvalue weighted by Gasteiger charge is -2.17. The number of anilines is 1. The fraction of sp³-hybridized carbons (Fsp3) is 0.444. The van der Waals surface area contributed by atoms with Gasteiger partial charge >= 0.3 is 12.4 Å². The highest BCUT2D eigenvalue weighted by Crippen LogP contribution is 2.39. The van der Waals surface area contributed by atoms with Gasteiger partial charge in [0.05, 0.1) is 0 Å². The largest absolute Gasteiger partial charge is 0.433 e. The molecule has 0 radical (unpaired) electrons. The Bertz CT molecular complexity index is 408. The van der Waals surface area contributed by atoms with E-state index >= 15 is 0 Å². The second-order valence-electron chi connectivity index (χ2n) is 3.47. The Morgan fingerprint density at radius 3 is 1.35 bits per heavy atom. The molecule has 2 nitrogen and oxygen atoms in total. The predicted molar refractivity (Wildman–Crippen MR) is 48.1 cm³/mol. The van der Waals surface area contributed by atoms with Crippen molar-refractivity contribution in [1.82, 2.24) is 4.98 Å². The quantitative estimate of drug-likeness (QED) is 0.725. The van der Waals surface area contributed by atoms with Crippen LogP contribution in [0.2, 0.25) is 0 Å². The molecule has 0 bridgehead atoms. The topological polar surface area (TPSA) is 38.9 Å². The number of nitrogen functional groups attached to an aromatic ring is 1. The van der Waals surface area contributed by atoms with Crippen LogP contribution in [0, 0.1) is 13.8 Å². The van der Waals surface area contributed by atoms with Crippen molar-refractivity contribution in [2.24, 2.45) is 0 Å². The number of hydrogen-bond acceptors (Lipinski definition) is 2. The van der Waals surface area contributed by atoms with Crippen LogP contribution >= 0.6 is 0 Å². The molecule has 0 saturated heterocycles. The fourth-order valence-corrected chi connectivity index (χ4v) is 1.37. The van der Waals surface area contributed by atoms with E-state index in [2.05, 4.69) is 4.98 Å². The van der Waals surface area contributed by atoms with E-state index in [1.165, 1.54) is 0 Å². The summed E-state index contributed by atoms with van der Waals surface area (Å²) in [6.07, 6.45) is -9.93. The van der Waals surface area contributed by atoms with Crippen molar-refractivity contribution < 1.29 is 26.3 Å². The lowest BCUT2D eigenvalue weighted by atomic mass is 10.1. The lowest BCUT2D eigenvalue weighted by molar-refractivity contribution is -0.150. The van der Waals surface area contributed by atoms with E-state index in [0.717, 1.165) is 13.8 Å². The van der Waals surface area contributed by atoms with Gasteiger partial charge in [-0.3, -0.25) is 0 Å². The number of pyridine rings is 1. The van der Waals surface area contributed by atoms with Crippen LogP contribution in [0.15, 0.2) is 0 Å². The molecule has 1 rings (SSSR count). The lowest BCUT2D eigenvalue weighted by Crippen LogP contribution is -2.20. The number of alkyl halides is 6. The van der Waals surface area contributed by atoms with Crippen LogP contribution in [0.4, 0.5) is 32.0 Å². The van der Waals surface area contributed by atoms with Crippen LogP contribution in [0.25, 0.3) is 0 Å². The predicted octanol–water partition coefficient (Wildman–Crippen LogP) is 3.32. The first-order valence-electron chi connectivity index (χ1n) is 4.37. The molecular weight excluding hydrogens is 250 g/mol. The molecule has 1 aromatic heterocycles. The van der Waals surface area contributed by atoms with Gasteiger partial charge in [-0.25, -0.2) is 4.98 Å². The second kappa shape index (κ2) is 3.78. The monoisotopic (exact) mass is 258 g/mol. The number of halogens is 6. The maximum atomic E-state index is 12.4. The Labute approximate surface area is 92.4 Å². The smallest absolute Gasteiger partial charge is 0.398 e. The summed E-state index contributed by atoms with van der Waals surface area (Å²) in [6, 6.07) is 0. The molecule has 0 spiro atoms. The molecule has 1 aromatic rings. The molecule has 0 unspecified atom stereocenters. The maximum Gasteiger partial charge on any atom is 0.433 e. The Morgan fingerprint density at radius 1 is 0.824 bits per heavy atom. The third kappa shape index (κ3) is 2.45. The minimum absolute atomic E-state index is 0.497. The first-order chi connectivity index (χ1) is 7.46.